The molecule has 0 unspecified atom stereocenters. The number of anilines is 1. The molecule has 1 fully saturated rings. The van der Waals surface area contributed by atoms with E-state index in [1.807, 2.05) is 26.8 Å². The number of pyridine rings is 1. The Morgan fingerprint density at radius 1 is 1.00 bits per heavy atom. The summed E-state index contributed by atoms with van der Waals surface area (Å²) in [6, 6.07) is 12.0. The number of ether oxygens (including phenoxy) is 1. The Hall–Kier alpha value is -3.07. The first-order chi connectivity index (χ1) is 14.7. The second-order valence-corrected chi connectivity index (χ2v) is 10.3. The van der Waals surface area contributed by atoms with Gasteiger partial charge in [0.05, 0.1) is 10.6 Å². The zero-order valence-electron chi connectivity index (χ0n) is 17.9. The largest absolute Gasteiger partial charge is 0.444 e. The van der Waals surface area contributed by atoms with Gasteiger partial charge in [-0.25, -0.2) is 22.2 Å². The highest BCUT2D eigenvalue weighted by atomic mass is 32.2. The maximum Gasteiger partial charge on any atom is 0.410 e. The Morgan fingerprint density at radius 3 is 2.32 bits per heavy atom. The zero-order chi connectivity index (χ0) is 22.2. The van der Waals surface area contributed by atoms with E-state index in [9.17, 15) is 13.2 Å². The fraction of sp³-hybridized carbons (Fsp3) is 0.364. The number of aromatic nitrogens is 2. The molecule has 0 N–H and O–H groups in total. The highest BCUT2D eigenvalue weighted by Gasteiger charge is 2.29. The Bertz CT molecular complexity index is 1190. The second kappa shape index (κ2) is 7.88. The average molecular weight is 443 g/mol. The highest BCUT2D eigenvalue weighted by Crippen LogP contribution is 2.31. The lowest BCUT2D eigenvalue weighted by molar-refractivity contribution is 0.0240. The van der Waals surface area contributed by atoms with Crippen LogP contribution in [0.3, 0.4) is 0 Å². The molecule has 4 rings (SSSR count). The van der Waals surface area contributed by atoms with Crippen molar-refractivity contribution in [2.24, 2.45) is 0 Å². The number of benzene rings is 1. The van der Waals surface area contributed by atoms with Gasteiger partial charge in [0.25, 0.3) is 10.0 Å². The first kappa shape index (κ1) is 21.2. The average Bonchev–Trinajstić information content (AvgIpc) is 3.14. The number of carbonyl (C=O) groups excluding carboxylic acids is 1. The number of fused-ring (bicyclic) bond motifs is 1. The third-order valence-electron chi connectivity index (χ3n) is 5.08. The monoisotopic (exact) mass is 442 g/mol. The van der Waals surface area contributed by atoms with Gasteiger partial charge in [-0.15, -0.1) is 0 Å². The molecule has 3 aromatic rings. The molecule has 0 radical (unpaired) electrons. The Labute approximate surface area is 182 Å². The number of amides is 1. The molecular formula is C22H26N4O4S. The van der Waals surface area contributed by atoms with Crippen LogP contribution in [0.25, 0.3) is 11.0 Å². The van der Waals surface area contributed by atoms with E-state index in [1.165, 1.54) is 3.97 Å². The molecule has 1 aliphatic rings. The number of nitrogens with zero attached hydrogens (tertiary/aromatic N) is 4. The van der Waals surface area contributed by atoms with Gasteiger partial charge in [-0.3, -0.25) is 0 Å². The van der Waals surface area contributed by atoms with Crippen LogP contribution in [0.5, 0.6) is 0 Å². The van der Waals surface area contributed by atoms with Crippen LogP contribution in [-0.4, -0.2) is 60.1 Å². The van der Waals surface area contributed by atoms with Crippen molar-refractivity contribution in [2.45, 2.75) is 31.3 Å². The van der Waals surface area contributed by atoms with Gasteiger partial charge in [-0.1, -0.05) is 18.2 Å². The molecule has 1 aromatic carbocycles. The predicted molar refractivity (Wildman–Crippen MR) is 119 cm³/mol. The van der Waals surface area contributed by atoms with Gasteiger partial charge in [0.15, 0.2) is 5.65 Å². The van der Waals surface area contributed by atoms with Gasteiger partial charge >= 0.3 is 6.09 Å². The predicted octanol–water partition coefficient (Wildman–Crippen LogP) is 3.33. The van der Waals surface area contributed by atoms with Gasteiger partial charge < -0.3 is 14.5 Å². The molecule has 0 saturated carbocycles. The summed E-state index contributed by atoms with van der Waals surface area (Å²) >= 11 is 0. The Morgan fingerprint density at radius 2 is 1.68 bits per heavy atom. The standard InChI is InChI=1S/C22H26N4O4S/c1-22(2,3)30-21(27)25-14-12-24(13-15-25)19-16-26(20-18(19)10-7-11-23-20)31(28,29)17-8-5-4-6-9-17/h4-11,16H,12-15H2,1-3H3. The van der Waals surface area contributed by atoms with Crippen molar-refractivity contribution in [1.82, 2.24) is 13.9 Å². The molecule has 164 valence electrons. The van der Waals surface area contributed by atoms with E-state index in [1.54, 1.807) is 53.7 Å². The van der Waals surface area contributed by atoms with Crippen LogP contribution in [-0.2, 0) is 14.8 Å². The molecule has 1 saturated heterocycles. The van der Waals surface area contributed by atoms with E-state index in [-0.39, 0.29) is 11.0 Å². The Balaban J connectivity index is 1.63. The minimum absolute atomic E-state index is 0.207. The summed E-state index contributed by atoms with van der Waals surface area (Å²) in [7, 11) is -3.78. The van der Waals surface area contributed by atoms with Crippen LogP contribution in [0.1, 0.15) is 20.8 Å². The van der Waals surface area contributed by atoms with E-state index in [2.05, 4.69) is 9.88 Å². The lowest BCUT2D eigenvalue weighted by Crippen LogP contribution is -2.50. The van der Waals surface area contributed by atoms with Crippen LogP contribution in [0.15, 0.2) is 59.8 Å². The summed E-state index contributed by atoms with van der Waals surface area (Å²) in [6.45, 7) is 7.65. The van der Waals surface area contributed by atoms with E-state index in [0.29, 0.717) is 31.8 Å². The molecule has 3 heterocycles. The van der Waals surface area contributed by atoms with Gasteiger partial charge in [0.2, 0.25) is 0 Å². The quantitative estimate of drug-likeness (QED) is 0.619. The van der Waals surface area contributed by atoms with Crippen LogP contribution < -0.4 is 4.90 Å². The first-order valence-corrected chi connectivity index (χ1v) is 11.6. The first-order valence-electron chi connectivity index (χ1n) is 10.2. The zero-order valence-corrected chi connectivity index (χ0v) is 18.7. The lowest BCUT2D eigenvalue weighted by atomic mass is 10.2. The van der Waals surface area contributed by atoms with Crippen LogP contribution in [0, 0.1) is 0 Å². The fourth-order valence-electron chi connectivity index (χ4n) is 3.61. The molecule has 0 atom stereocenters. The molecule has 2 aromatic heterocycles. The number of piperazine rings is 1. The number of carbonyl (C=O) groups is 1. The van der Waals surface area contributed by atoms with Gasteiger partial charge in [-0.2, -0.15) is 0 Å². The maximum absolute atomic E-state index is 13.3. The van der Waals surface area contributed by atoms with E-state index in [0.717, 1.165) is 11.1 Å². The molecular weight excluding hydrogens is 416 g/mol. The molecule has 0 spiro atoms. The molecule has 0 aliphatic carbocycles. The van der Waals surface area contributed by atoms with Gasteiger partial charge in [-0.05, 0) is 45.0 Å². The third kappa shape index (κ3) is 4.23. The van der Waals surface area contributed by atoms with Gasteiger partial charge in [0.1, 0.15) is 5.60 Å². The number of hydrogen-bond donors (Lipinski definition) is 0. The molecule has 31 heavy (non-hydrogen) atoms. The van der Waals surface area contributed by atoms with Crippen molar-refractivity contribution in [2.75, 3.05) is 31.1 Å². The lowest BCUT2D eigenvalue weighted by Gasteiger charge is -2.36. The van der Waals surface area contributed by atoms with Crippen molar-refractivity contribution in [3.8, 4) is 0 Å². The maximum atomic E-state index is 13.3. The highest BCUT2D eigenvalue weighted by molar-refractivity contribution is 7.90. The normalized spacial score (nSPS) is 15.3. The van der Waals surface area contributed by atoms with Crippen molar-refractivity contribution in [1.29, 1.82) is 0 Å². The van der Waals surface area contributed by atoms with E-state index < -0.39 is 15.6 Å². The summed E-state index contributed by atoms with van der Waals surface area (Å²) in [5.41, 5.74) is 0.626. The van der Waals surface area contributed by atoms with E-state index in [4.69, 9.17) is 4.74 Å². The summed E-state index contributed by atoms with van der Waals surface area (Å²) in [5, 5.41) is 0.757. The number of hydrogen-bond acceptors (Lipinski definition) is 6. The summed E-state index contributed by atoms with van der Waals surface area (Å²) in [5.74, 6) is 0. The van der Waals surface area contributed by atoms with Crippen molar-refractivity contribution in [3.05, 3.63) is 54.9 Å². The third-order valence-corrected chi connectivity index (χ3v) is 6.75. The topological polar surface area (TPSA) is 84.7 Å². The minimum Gasteiger partial charge on any atom is -0.444 e. The van der Waals surface area contributed by atoms with Crippen molar-refractivity contribution < 1.29 is 17.9 Å². The molecule has 1 amide bonds. The molecule has 0 bridgehead atoms. The summed E-state index contributed by atoms with van der Waals surface area (Å²) in [6.07, 6.45) is 2.88. The van der Waals surface area contributed by atoms with Crippen molar-refractivity contribution >= 4 is 32.8 Å². The van der Waals surface area contributed by atoms with Gasteiger partial charge in [0, 0.05) is 44.0 Å². The van der Waals surface area contributed by atoms with Crippen LogP contribution in [0.2, 0.25) is 0 Å². The SMILES string of the molecule is CC(C)(C)OC(=O)N1CCN(c2cn(S(=O)(=O)c3ccccc3)c3ncccc23)CC1. The fourth-order valence-corrected chi connectivity index (χ4v) is 4.95. The Kier molecular flexibility index (Phi) is 5.38. The summed E-state index contributed by atoms with van der Waals surface area (Å²) in [4.78, 5) is 20.7. The summed E-state index contributed by atoms with van der Waals surface area (Å²) < 4.78 is 33.2. The second-order valence-electron chi connectivity index (χ2n) is 8.46. The minimum atomic E-state index is -3.78. The van der Waals surface area contributed by atoms with Crippen LogP contribution >= 0.6 is 0 Å². The molecule has 1 aliphatic heterocycles. The smallest absolute Gasteiger partial charge is 0.410 e. The van der Waals surface area contributed by atoms with Crippen molar-refractivity contribution in [3.63, 3.8) is 0 Å². The number of rotatable bonds is 3. The molecule has 8 nitrogen and oxygen atoms in total. The molecule has 9 heteroatoms. The van der Waals surface area contributed by atoms with Crippen LogP contribution in [0.4, 0.5) is 10.5 Å². The van der Waals surface area contributed by atoms with E-state index >= 15 is 0 Å².